The molecular formula is C10H16N2O. The molecule has 72 valence electrons. The topological polar surface area (TPSA) is 38.0 Å². The second-order valence-corrected chi connectivity index (χ2v) is 3.94. The molecule has 0 aliphatic heterocycles. The maximum atomic E-state index is 9.77. The number of hydrogen-bond acceptors (Lipinski definition) is 2. The molecule has 1 fully saturated rings. The van der Waals surface area contributed by atoms with E-state index >= 15 is 0 Å². The van der Waals surface area contributed by atoms with Gasteiger partial charge in [-0.3, -0.25) is 4.68 Å². The first-order valence-electron chi connectivity index (χ1n) is 4.86. The first-order valence-corrected chi connectivity index (χ1v) is 4.86. The van der Waals surface area contributed by atoms with E-state index in [1.54, 1.807) is 0 Å². The van der Waals surface area contributed by atoms with Gasteiger partial charge in [0.1, 0.15) is 0 Å². The zero-order chi connectivity index (χ0) is 9.42. The van der Waals surface area contributed by atoms with E-state index < -0.39 is 0 Å². The second-order valence-electron chi connectivity index (χ2n) is 3.94. The molecule has 0 radical (unpaired) electrons. The lowest BCUT2D eigenvalue weighted by Gasteiger charge is -2.15. The summed E-state index contributed by atoms with van der Waals surface area (Å²) in [5.41, 5.74) is 2.42. The summed E-state index contributed by atoms with van der Waals surface area (Å²) < 4.78 is 1.90. The molecular weight excluding hydrogens is 164 g/mol. The summed E-state index contributed by atoms with van der Waals surface area (Å²) in [5.74, 6) is 0.312. The zero-order valence-corrected chi connectivity index (χ0v) is 8.20. The Balaban J connectivity index is 2.33. The lowest BCUT2D eigenvalue weighted by molar-refractivity contribution is 0.160. The number of aliphatic hydroxyl groups excluding tert-OH is 1. The summed E-state index contributed by atoms with van der Waals surface area (Å²) in [6.45, 7) is 2.06. The minimum Gasteiger partial charge on any atom is -0.392 e. The van der Waals surface area contributed by atoms with Gasteiger partial charge >= 0.3 is 0 Å². The quantitative estimate of drug-likeness (QED) is 0.708. The van der Waals surface area contributed by atoms with Gasteiger partial charge in [0.25, 0.3) is 0 Å². The predicted octanol–water partition coefficient (Wildman–Crippen LogP) is 1.36. The lowest BCUT2D eigenvalue weighted by Crippen LogP contribution is -2.15. The maximum absolute atomic E-state index is 9.77. The minimum absolute atomic E-state index is 0.158. The summed E-state index contributed by atoms with van der Waals surface area (Å²) in [7, 11) is 1.95. The van der Waals surface area contributed by atoms with Gasteiger partial charge < -0.3 is 5.11 Å². The summed E-state index contributed by atoms with van der Waals surface area (Å²) in [4.78, 5) is 0. The molecule has 0 unspecified atom stereocenters. The molecule has 3 nitrogen and oxygen atoms in total. The van der Waals surface area contributed by atoms with Gasteiger partial charge in [-0.05, 0) is 25.3 Å². The van der Waals surface area contributed by atoms with Crippen molar-refractivity contribution in [2.24, 2.45) is 7.05 Å². The molecule has 3 heteroatoms. The van der Waals surface area contributed by atoms with E-state index in [9.17, 15) is 5.11 Å². The van der Waals surface area contributed by atoms with E-state index in [2.05, 4.69) is 12.0 Å². The van der Waals surface area contributed by atoms with Crippen LogP contribution >= 0.6 is 0 Å². The number of rotatable bonds is 1. The molecule has 1 N–H and O–H groups in total. The van der Waals surface area contributed by atoms with Crippen LogP contribution in [0.3, 0.4) is 0 Å². The van der Waals surface area contributed by atoms with E-state index in [1.165, 1.54) is 11.3 Å². The highest BCUT2D eigenvalue weighted by Crippen LogP contribution is 2.35. The fourth-order valence-electron chi connectivity index (χ4n) is 2.35. The van der Waals surface area contributed by atoms with Gasteiger partial charge in [0, 0.05) is 18.7 Å². The molecule has 1 aliphatic rings. The molecule has 1 aromatic rings. The van der Waals surface area contributed by atoms with Crippen molar-refractivity contribution in [3.8, 4) is 0 Å². The Labute approximate surface area is 78.4 Å². The van der Waals surface area contributed by atoms with Crippen molar-refractivity contribution in [3.05, 3.63) is 17.5 Å². The molecule has 1 aromatic heterocycles. The van der Waals surface area contributed by atoms with Crippen molar-refractivity contribution in [3.63, 3.8) is 0 Å². The molecule has 13 heavy (non-hydrogen) atoms. The van der Waals surface area contributed by atoms with Crippen LogP contribution < -0.4 is 0 Å². The van der Waals surface area contributed by atoms with Crippen molar-refractivity contribution >= 4 is 0 Å². The van der Waals surface area contributed by atoms with Crippen molar-refractivity contribution < 1.29 is 5.11 Å². The van der Waals surface area contributed by atoms with Crippen LogP contribution in [0.25, 0.3) is 0 Å². The van der Waals surface area contributed by atoms with Crippen LogP contribution in [0.5, 0.6) is 0 Å². The van der Waals surface area contributed by atoms with Crippen molar-refractivity contribution in [2.45, 2.75) is 38.2 Å². The fourth-order valence-corrected chi connectivity index (χ4v) is 2.35. The highest BCUT2D eigenvalue weighted by atomic mass is 16.3. The van der Waals surface area contributed by atoms with E-state index in [0.29, 0.717) is 5.92 Å². The molecule has 0 bridgehead atoms. The molecule has 0 spiro atoms. The third-order valence-corrected chi connectivity index (χ3v) is 3.01. The maximum Gasteiger partial charge on any atom is 0.0623 e. The zero-order valence-electron chi connectivity index (χ0n) is 8.20. The van der Waals surface area contributed by atoms with E-state index in [0.717, 1.165) is 19.3 Å². The third-order valence-electron chi connectivity index (χ3n) is 3.01. The van der Waals surface area contributed by atoms with Crippen LogP contribution in [0.1, 0.15) is 36.4 Å². The van der Waals surface area contributed by atoms with Crippen molar-refractivity contribution in [2.75, 3.05) is 0 Å². The standard InChI is InChI=1S/C10H16N2O/c1-7-6-11-12(2)10(7)8-4-3-5-9(8)13/h6,8-9,13H,3-5H2,1-2H3/t8-,9-/m1/s1. The number of aromatic nitrogens is 2. The fraction of sp³-hybridized carbons (Fsp3) is 0.700. The molecule has 0 aromatic carbocycles. The second kappa shape index (κ2) is 3.14. The largest absolute Gasteiger partial charge is 0.392 e. The van der Waals surface area contributed by atoms with Crippen LogP contribution in [0.2, 0.25) is 0 Å². The molecule has 1 saturated carbocycles. The average molecular weight is 180 g/mol. The summed E-state index contributed by atoms with van der Waals surface area (Å²) in [6.07, 6.45) is 4.89. The number of nitrogens with zero attached hydrogens (tertiary/aromatic N) is 2. The van der Waals surface area contributed by atoms with Gasteiger partial charge in [-0.25, -0.2) is 0 Å². The van der Waals surface area contributed by atoms with Gasteiger partial charge in [-0.1, -0.05) is 6.42 Å². The SMILES string of the molecule is Cc1cnn(C)c1[C@@H]1CCC[C@H]1O. The molecule has 2 rings (SSSR count). The first kappa shape index (κ1) is 8.75. The average Bonchev–Trinajstić information content (AvgIpc) is 2.60. The summed E-state index contributed by atoms with van der Waals surface area (Å²) in [6, 6.07) is 0. The molecule has 1 aliphatic carbocycles. The highest BCUT2D eigenvalue weighted by Gasteiger charge is 2.29. The van der Waals surface area contributed by atoms with E-state index in [1.807, 2.05) is 17.9 Å². The molecule has 0 amide bonds. The van der Waals surface area contributed by atoms with Gasteiger partial charge in [-0.15, -0.1) is 0 Å². The van der Waals surface area contributed by atoms with Gasteiger partial charge in [0.05, 0.1) is 12.3 Å². The Hall–Kier alpha value is -0.830. The Morgan fingerprint density at radius 3 is 2.77 bits per heavy atom. The normalized spacial score (nSPS) is 28.2. The van der Waals surface area contributed by atoms with Crippen LogP contribution in [-0.4, -0.2) is 21.0 Å². The highest BCUT2D eigenvalue weighted by molar-refractivity contribution is 5.22. The van der Waals surface area contributed by atoms with Crippen LogP contribution in [0, 0.1) is 6.92 Å². The predicted molar refractivity (Wildman–Crippen MR) is 50.5 cm³/mol. The van der Waals surface area contributed by atoms with E-state index in [4.69, 9.17) is 0 Å². The van der Waals surface area contributed by atoms with Crippen LogP contribution in [0.15, 0.2) is 6.20 Å². The number of aliphatic hydroxyl groups is 1. The van der Waals surface area contributed by atoms with Gasteiger partial charge in [0.15, 0.2) is 0 Å². The lowest BCUT2D eigenvalue weighted by atomic mass is 9.99. The Morgan fingerprint density at radius 2 is 2.31 bits per heavy atom. The molecule has 2 atom stereocenters. The number of hydrogen-bond donors (Lipinski definition) is 1. The Morgan fingerprint density at radius 1 is 1.54 bits per heavy atom. The number of aryl methyl sites for hydroxylation is 2. The van der Waals surface area contributed by atoms with Crippen molar-refractivity contribution in [1.29, 1.82) is 0 Å². The smallest absolute Gasteiger partial charge is 0.0623 e. The van der Waals surface area contributed by atoms with Crippen LogP contribution in [-0.2, 0) is 7.05 Å². The first-order chi connectivity index (χ1) is 6.20. The minimum atomic E-state index is -0.158. The Kier molecular flexibility index (Phi) is 2.12. The van der Waals surface area contributed by atoms with Crippen LogP contribution in [0.4, 0.5) is 0 Å². The van der Waals surface area contributed by atoms with Gasteiger partial charge in [0.2, 0.25) is 0 Å². The third kappa shape index (κ3) is 1.37. The molecule has 0 saturated heterocycles. The Bertz CT molecular complexity index is 286. The van der Waals surface area contributed by atoms with E-state index in [-0.39, 0.29) is 6.10 Å². The van der Waals surface area contributed by atoms with Crippen molar-refractivity contribution in [1.82, 2.24) is 9.78 Å². The summed E-state index contributed by atoms with van der Waals surface area (Å²) in [5, 5.41) is 14.0. The summed E-state index contributed by atoms with van der Waals surface area (Å²) >= 11 is 0. The monoisotopic (exact) mass is 180 g/mol. The molecule has 1 heterocycles. The van der Waals surface area contributed by atoms with Gasteiger partial charge in [-0.2, -0.15) is 5.10 Å².